The van der Waals surface area contributed by atoms with E-state index in [2.05, 4.69) is 45.0 Å². The molecule has 0 aliphatic carbocycles. The fraction of sp³-hybridized carbons (Fsp3) is 0.333. The molecule has 0 radical (unpaired) electrons. The highest BCUT2D eigenvalue weighted by molar-refractivity contribution is 9.10. The molecule has 0 fully saturated rings. The Morgan fingerprint density at radius 2 is 2.25 bits per heavy atom. The number of benzene rings is 1. The van der Waals surface area contributed by atoms with Crippen LogP contribution in [0.15, 0.2) is 45.6 Å². The van der Waals surface area contributed by atoms with Crippen LogP contribution >= 0.6 is 27.3 Å². The third-order valence-corrected chi connectivity index (χ3v) is 4.14. The third-order valence-electron chi connectivity index (χ3n) is 2.94. The third kappa shape index (κ3) is 4.90. The Morgan fingerprint density at radius 3 is 2.95 bits per heavy atom. The van der Waals surface area contributed by atoms with E-state index in [1.54, 1.807) is 11.3 Å². The standard InChI is InChI=1S/C15H18BrNO2S/c1-11(12-5-6-20-10-12)17-8-14(18)9-19-15-4-2-3-13(16)7-15/h2-7,10-11,14,17-18H,8-9H2,1H3. The summed E-state index contributed by atoms with van der Waals surface area (Å²) in [6.07, 6.45) is -0.532. The summed E-state index contributed by atoms with van der Waals surface area (Å²) in [4.78, 5) is 0. The molecule has 0 saturated carbocycles. The van der Waals surface area contributed by atoms with Crippen LogP contribution < -0.4 is 10.1 Å². The molecule has 0 aliphatic rings. The zero-order valence-corrected chi connectivity index (χ0v) is 13.7. The average Bonchev–Trinajstić information content (AvgIpc) is 2.97. The second kappa shape index (κ2) is 7.78. The molecular formula is C15H18BrNO2S. The smallest absolute Gasteiger partial charge is 0.120 e. The van der Waals surface area contributed by atoms with Crippen LogP contribution in [0.5, 0.6) is 5.75 Å². The first-order valence-corrected chi connectivity index (χ1v) is 8.20. The number of ether oxygens (including phenoxy) is 1. The first-order chi connectivity index (χ1) is 9.65. The summed E-state index contributed by atoms with van der Waals surface area (Å²) < 4.78 is 6.52. The Balaban J connectivity index is 1.71. The van der Waals surface area contributed by atoms with Crippen LogP contribution in [0.2, 0.25) is 0 Å². The van der Waals surface area contributed by atoms with E-state index >= 15 is 0 Å². The van der Waals surface area contributed by atoms with Crippen molar-refractivity contribution < 1.29 is 9.84 Å². The van der Waals surface area contributed by atoms with E-state index < -0.39 is 6.10 Å². The van der Waals surface area contributed by atoms with Gasteiger partial charge in [-0.2, -0.15) is 11.3 Å². The Labute approximate surface area is 131 Å². The summed E-state index contributed by atoms with van der Waals surface area (Å²) in [5, 5.41) is 17.4. The van der Waals surface area contributed by atoms with Gasteiger partial charge in [-0.3, -0.25) is 0 Å². The molecule has 0 saturated heterocycles. The Kier molecular flexibility index (Phi) is 6.04. The van der Waals surface area contributed by atoms with Crippen molar-refractivity contribution in [2.45, 2.75) is 19.1 Å². The summed E-state index contributed by atoms with van der Waals surface area (Å²) in [5.41, 5.74) is 1.25. The fourth-order valence-corrected chi connectivity index (χ4v) is 2.89. The molecule has 108 valence electrons. The molecule has 2 atom stereocenters. The van der Waals surface area contributed by atoms with Gasteiger partial charge in [-0.05, 0) is 47.5 Å². The highest BCUT2D eigenvalue weighted by Gasteiger charge is 2.09. The molecule has 2 N–H and O–H groups in total. The van der Waals surface area contributed by atoms with Gasteiger partial charge in [0, 0.05) is 17.1 Å². The molecular weight excluding hydrogens is 338 g/mol. The molecule has 2 unspecified atom stereocenters. The van der Waals surface area contributed by atoms with E-state index in [-0.39, 0.29) is 12.6 Å². The maximum absolute atomic E-state index is 9.93. The van der Waals surface area contributed by atoms with Crippen molar-refractivity contribution in [2.75, 3.05) is 13.2 Å². The van der Waals surface area contributed by atoms with Gasteiger partial charge in [-0.15, -0.1) is 0 Å². The maximum atomic E-state index is 9.93. The van der Waals surface area contributed by atoms with Crippen LogP contribution in [-0.4, -0.2) is 24.4 Å². The van der Waals surface area contributed by atoms with Gasteiger partial charge in [-0.25, -0.2) is 0 Å². The van der Waals surface area contributed by atoms with Gasteiger partial charge in [0.25, 0.3) is 0 Å². The summed E-state index contributed by atoms with van der Waals surface area (Å²) in [5.74, 6) is 0.754. The molecule has 1 heterocycles. The van der Waals surface area contributed by atoms with Gasteiger partial charge in [0.1, 0.15) is 18.5 Å². The van der Waals surface area contributed by atoms with E-state index in [4.69, 9.17) is 4.74 Å². The van der Waals surface area contributed by atoms with E-state index in [0.29, 0.717) is 6.54 Å². The summed E-state index contributed by atoms with van der Waals surface area (Å²) in [6, 6.07) is 9.93. The van der Waals surface area contributed by atoms with Gasteiger partial charge < -0.3 is 15.2 Å². The molecule has 0 bridgehead atoms. The minimum atomic E-state index is -0.532. The summed E-state index contributed by atoms with van der Waals surface area (Å²) >= 11 is 5.07. The van der Waals surface area contributed by atoms with Crippen molar-refractivity contribution in [3.05, 3.63) is 51.1 Å². The van der Waals surface area contributed by atoms with E-state index in [1.165, 1.54) is 5.56 Å². The zero-order chi connectivity index (χ0) is 14.4. The number of thiophene rings is 1. The number of aliphatic hydroxyl groups is 1. The number of hydrogen-bond acceptors (Lipinski definition) is 4. The molecule has 1 aromatic carbocycles. The largest absolute Gasteiger partial charge is 0.491 e. The molecule has 0 amide bonds. The summed E-state index contributed by atoms with van der Waals surface area (Å²) in [7, 11) is 0. The van der Waals surface area contributed by atoms with Crippen molar-refractivity contribution in [1.82, 2.24) is 5.32 Å². The first kappa shape index (κ1) is 15.5. The number of hydrogen-bond donors (Lipinski definition) is 2. The van der Waals surface area contributed by atoms with Crippen molar-refractivity contribution in [2.24, 2.45) is 0 Å². The Morgan fingerprint density at radius 1 is 1.40 bits per heavy atom. The highest BCUT2D eigenvalue weighted by atomic mass is 79.9. The highest BCUT2D eigenvalue weighted by Crippen LogP contribution is 2.18. The Bertz CT molecular complexity index is 518. The van der Waals surface area contributed by atoms with E-state index in [0.717, 1.165) is 10.2 Å². The predicted octanol–water partition coefficient (Wildman–Crippen LogP) is 3.60. The van der Waals surface area contributed by atoms with Crippen LogP contribution in [0.3, 0.4) is 0 Å². The molecule has 2 rings (SSSR count). The monoisotopic (exact) mass is 355 g/mol. The number of nitrogens with one attached hydrogen (secondary N) is 1. The molecule has 1 aromatic heterocycles. The molecule has 20 heavy (non-hydrogen) atoms. The van der Waals surface area contributed by atoms with Crippen LogP contribution in [0.25, 0.3) is 0 Å². The second-order valence-corrected chi connectivity index (χ2v) is 6.30. The van der Waals surface area contributed by atoms with Gasteiger partial charge in [0.2, 0.25) is 0 Å². The maximum Gasteiger partial charge on any atom is 0.120 e. The fourth-order valence-electron chi connectivity index (χ4n) is 1.76. The van der Waals surface area contributed by atoms with Gasteiger partial charge in [0.15, 0.2) is 0 Å². The zero-order valence-electron chi connectivity index (χ0n) is 11.3. The van der Waals surface area contributed by atoms with E-state index in [9.17, 15) is 5.11 Å². The summed E-state index contributed by atoms with van der Waals surface area (Å²) in [6.45, 7) is 2.87. The first-order valence-electron chi connectivity index (χ1n) is 6.47. The predicted molar refractivity (Wildman–Crippen MR) is 86.4 cm³/mol. The van der Waals surface area contributed by atoms with E-state index in [1.807, 2.05) is 24.3 Å². The van der Waals surface area contributed by atoms with Crippen molar-refractivity contribution in [1.29, 1.82) is 0 Å². The normalized spacial score (nSPS) is 13.9. The quantitative estimate of drug-likeness (QED) is 0.797. The van der Waals surface area contributed by atoms with Crippen LogP contribution in [0.4, 0.5) is 0 Å². The SMILES string of the molecule is CC(NCC(O)COc1cccc(Br)c1)c1ccsc1. The van der Waals surface area contributed by atoms with Crippen LogP contribution in [0.1, 0.15) is 18.5 Å². The number of halogens is 1. The second-order valence-electron chi connectivity index (χ2n) is 4.61. The van der Waals surface area contributed by atoms with Crippen molar-refractivity contribution in [3.8, 4) is 5.75 Å². The lowest BCUT2D eigenvalue weighted by Crippen LogP contribution is -2.32. The molecule has 0 aliphatic heterocycles. The topological polar surface area (TPSA) is 41.5 Å². The lowest BCUT2D eigenvalue weighted by atomic mass is 10.2. The van der Waals surface area contributed by atoms with Crippen molar-refractivity contribution in [3.63, 3.8) is 0 Å². The van der Waals surface area contributed by atoms with Crippen molar-refractivity contribution >= 4 is 27.3 Å². The molecule has 3 nitrogen and oxygen atoms in total. The Hall–Kier alpha value is -0.880. The van der Waals surface area contributed by atoms with Crippen LogP contribution in [0, 0.1) is 0 Å². The van der Waals surface area contributed by atoms with Crippen LogP contribution in [-0.2, 0) is 0 Å². The van der Waals surface area contributed by atoms with Gasteiger partial charge in [0.05, 0.1) is 0 Å². The number of aliphatic hydroxyl groups excluding tert-OH is 1. The van der Waals surface area contributed by atoms with Gasteiger partial charge >= 0.3 is 0 Å². The molecule has 2 aromatic rings. The minimum absolute atomic E-state index is 0.238. The number of rotatable bonds is 7. The molecule has 5 heteroatoms. The lowest BCUT2D eigenvalue weighted by Gasteiger charge is -2.17. The molecule has 0 spiro atoms. The van der Waals surface area contributed by atoms with Gasteiger partial charge in [-0.1, -0.05) is 22.0 Å². The lowest BCUT2D eigenvalue weighted by molar-refractivity contribution is 0.104. The average molecular weight is 356 g/mol. The minimum Gasteiger partial charge on any atom is -0.491 e.